The molecule has 1 saturated carbocycles. The number of hydrogen-bond donors (Lipinski definition) is 2. The van der Waals surface area contributed by atoms with E-state index in [0.29, 0.717) is 19.4 Å². The lowest BCUT2D eigenvalue weighted by Gasteiger charge is -2.34. The molecule has 5 heteroatoms. The maximum atomic E-state index is 11.9. The molecule has 1 aliphatic rings. The van der Waals surface area contributed by atoms with Crippen molar-refractivity contribution in [3.8, 4) is 0 Å². The van der Waals surface area contributed by atoms with Crippen LogP contribution in [0.3, 0.4) is 0 Å². The SMILES string of the molecule is COC(CNC(=O)C1CCC1C(=O)O)C(C)(C)C. The fourth-order valence-electron chi connectivity index (χ4n) is 2.18. The van der Waals surface area contributed by atoms with Crippen LogP contribution >= 0.6 is 0 Å². The molecule has 2 N–H and O–H groups in total. The van der Waals surface area contributed by atoms with E-state index in [-0.39, 0.29) is 23.3 Å². The van der Waals surface area contributed by atoms with Gasteiger partial charge < -0.3 is 15.2 Å². The molecule has 0 aliphatic heterocycles. The summed E-state index contributed by atoms with van der Waals surface area (Å²) in [6, 6.07) is 0. The standard InChI is InChI=1S/C13H23NO4/c1-13(2,3)10(18-4)7-14-11(15)8-5-6-9(8)12(16)17/h8-10H,5-7H2,1-4H3,(H,14,15)(H,16,17). The zero-order chi connectivity index (χ0) is 13.9. The van der Waals surface area contributed by atoms with Crippen LogP contribution < -0.4 is 5.32 Å². The Kier molecular flexibility index (Phi) is 4.73. The van der Waals surface area contributed by atoms with Crippen LogP contribution in [0, 0.1) is 17.3 Å². The van der Waals surface area contributed by atoms with Crippen molar-refractivity contribution in [1.82, 2.24) is 5.32 Å². The lowest BCUT2D eigenvalue weighted by Crippen LogP contribution is -2.47. The normalized spacial score (nSPS) is 25.1. The second-order valence-corrected chi connectivity index (χ2v) is 5.96. The summed E-state index contributed by atoms with van der Waals surface area (Å²) in [6.07, 6.45) is 1.18. The highest BCUT2D eigenvalue weighted by Crippen LogP contribution is 2.34. The van der Waals surface area contributed by atoms with Crippen LogP contribution in [0.2, 0.25) is 0 Å². The third-order valence-corrected chi connectivity index (χ3v) is 3.64. The van der Waals surface area contributed by atoms with Gasteiger partial charge in [0.25, 0.3) is 0 Å². The molecule has 0 aromatic rings. The molecule has 104 valence electrons. The predicted molar refractivity (Wildman–Crippen MR) is 67.1 cm³/mol. The third-order valence-electron chi connectivity index (χ3n) is 3.64. The number of hydrogen-bond acceptors (Lipinski definition) is 3. The molecular formula is C13H23NO4. The van der Waals surface area contributed by atoms with Crippen LogP contribution in [0.15, 0.2) is 0 Å². The van der Waals surface area contributed by atoms with E-state index in [1.54, 1.807) is 7.11 Å². The fraction of sp³-hybridized carbons (Fsp3) is 0.846. The molecule has 1 rings (SSSR count). The van der Waals surface area contributed by atoms with Gasteiger partial charge in [0.05, 0.1) is 17.9 Å². The zero-order valence-electron chi connectivity index (χ0n) is 11.5. The molecule has 1 amide bonds. The molecule has 0 aromatic heterocycles. The van der Waals surface area contributed by atoms with Gasteiger partial charge in [0.2, 0.25) is 5.91 Å². The van der Waals surface area contributed by atoms with Crippen molar-refractivity contribution >= 4 is 11.9 Å². The molecule has 0 heterocycles. The predicted octanol–water partition coefficient (Wildman–Crippen LogP) is 1.27. The van der Waals surface area contributed by atoms with Gasteiger partial charge in [0, 0.05) is 13.7 Å². The first-order valence-electron chi connectivity index (χ1n) is 6.30. The number of carboxylic acids is 1. The van der Waals surface area contributed by atoms with Gasteiger partial charge in [-0.2, -0.15) is 0 Å². The van der Waals surface area contributed by atoms with E-state index in [1.807, 2.05) is 20.8 Å². The Morgan fingerprint density at radius 3 is 2.22 bits per heavy atom. The van der Waals surface area contributed by atoms with Gasteiger partial charge >= 0.3 is 5.97 Å². The van der Waals surface area contributed by atoms with Gasteiger partial charge in [0.1, 0.15) is 0 Å². The largest absolute Gasteiger partial charge is 0.481 e. The van der Waals surface area contributed by atoms with Crippen LogP contribution in [0.4, 0.5) is 0 Å². The summed E-state index contributed by atoms with van der Waals surface area (Å²) in [5.74, 6) is -1.93. The second kappa shape index (κ2) is 5.69. The minimum Gasteiger partial charge on any atom is -0.481 e. The molecule has 1 fully saturated rings. The van der Waals surface area contributed by atoms with Crippen LogP contribution in [0.25, 0.3) is 0 Å². The fourth-order valence-corrected chi connectivity index (χ4v) is 2.18. The quantitative estimate of drug-likeness (QED) is 0.778. The Morgan fingerprint density at radius 1 is 1.33 bits per heavy atom. The van der Waals surface area contributed by atoms with Crippen molar-refractivity contribution in [2.24, 2.45) is 17.3 Å². The highest BCUT2D eigenvalue weighted by atomic mass is 16.5. The number of rotatable bonds is 5. The van der Waals surface area contributed by atoms with Gasteiger partial charge in [-0.25, -0.2) is 0 Å². The number of aliphatic carboxylic acids is 1. The lowest BCUT2D eigenvalue weighted by molar-refractivity contribution is -0.153. The lowest BCUT2D eigenvalue weighted by atomic mass is 9.73. The topological polar surface area (TPSA) is 75.6 Å². The van der Waals surface area contributed by atoms with E-state index in [2.05, 4.69) is 5.32 Å². The summed E-state index contributed by atoms with van der Waals surface area (Å²) in [5, 5.41) is 11.7. The van der Waals surface area contributed by atoms with Gasteiger partial charge in [-0.1, -0.05) is 20.8 Å². The monoisotopic (exact) mass is 257 g/mol. The van der Waals surface area contributed by atoms with Crippen molar-refractivity contribution in [3.63, 3.8) is 0 Å². The van der Waals surface area contributed by atoms with Crippen molar-refractivity contribution in [3.05, 3.63) is 0 Å². The third kappa shape index (κ3) is 3.45. The summed E-state index contributed by atoms with van der Waals surface area (Å²) >= 11 is 0. The summed E-state index contributed by atoms with van der Waals surface area (Å²) in [4.78, 5) is 22.7. The van der Waals surface area contributed by atoms with E-state index in [1.165, 1.54) is 0 Å². The molecule has 0 spiro atoms. The summed E-state index contributed by atoms with van der Waals surface area (Å²) in [7, 11) is 1.62. The first kappa shape index (κ1) is 15.0. The van der Waals surface area contributed by atoms with E-state index in [4.69, 9.17) is 9.84 Å². The molecular weight excluding hydrogens is 234 g/mol. The van der Waals surface area contributed by atoms with Gasteiger partial charge in [-0.3, -0.25) is 9.59 Å². The number of carboxylic acid groups (broad SMARTS) is 1. The molecule has 0 bridgehead atoms. The van der Waals surface area contributed by atoms with Crippen LogP contribution in [0.1, 0.15) is 33.6 Å². The number of ether oxygens (including phenoxy) is 1. The molecule has 0 saturated heterocycles. The number of methoxy groups -OCH3 is 1. The maximum Gasteiger partial charge on any atom is 0.307 e. The van der Waals surface area contributed by atoms with E-state index in [9.17, 15) is 9.59 Å². The highest BCUT2D eigenvalue weighted by molar-refractivity contribution is 5.86. The van der Waals surface area contributed by atoms with Crippen molar-refractivity contribution in [1.29, 1.82) is 0 Å². The number of carbonyl (C=O) groups is 2. The zero-order valence-corrected chi connectivity index (χ0v) is 11.5. The van der Waals surface area contributed by atoms with Crippen molar-refractivity contribution in [2.45, 2.75) is 39.7 Å². The first-order chi connectivity index (χ1) is 8.27. The van der Waals surface area contributed by atoms with Crippen molar-refractivity contribution < 1.29 is 19.4 Å². The molecule has 5 nitrogen and oxygen atoms in total. The molecule has 18 heavy (non-hydrogen) atoms. The molecule has 0 aromatic carbocycles. The second-order valence-electron chi connectivity index (χ2n) is 5.96. The minimum atomic E-state index is -0.875. The highest BCUT2D eigenvalue weighted by Gasteiger charge is 2.41. The number of carbonyl (C=O) groups excluding carboxylic acids is 1. The average molecular weight is 257 g/mol. The summed E-state index contributed by atoms with van der Waals surface area (Å²) in [6.45, 7) is 6.53. The van der Waals surface area contributed by atoms with E-state index < -0.39 is 11.9 Å². The Morgan fingerprint density at radius 2 is 1.89 bits per heavy atom. The molecule has 0 radical (unpaired) electrons. The van der Waals surface area contributed by atoms with Gasteiger partial charge in [-0.15, -0.1) is 0 Å². The minimum absolute atomic E-state index is 0.0617. The Balaban J connectivity index is 2.44. The van der Waals surface area contributed by atoms with Gasteiger partial charge in [0.15, 0.2) is 0 Å². The van der Waals surface area contributed by atoms with E-state index >= 15 is 0 Å². The first-order valence-corrected chi connectivity index (χ1v) is 6.30. The van der Waals surface area contributed by atoms with Gasteiger partial charge in [-0.05, 0) is 18.3 Å². The van der Waals surface area contributed by atoms with E-state index in [0.717, 1.165) is 0 Å². The Labute approximate surface area is 108 Å². The maximum absolute atomic E-state index is 11.9. The molecule has 1 aliphatic carbocycles. The Hall–Kier alpha value is -1.10. The van der Waals surface area contributed by atoms with Crippen LogP contribution in [-0.2, 0) is 14.3 Å². The number of amides is 1. The van der Waals surface area contributed by atoms with Crippen molar-refractivity contribution in [2.75, 3.05) is 13.7 Å². The average Bonchev–Trinajstić information content (AvgIpc) is 2.13. The Bertz CT molecular complexity index is 321. The molecule has 3 unspecified atom stereocenters. The smallest absolute Gasteiger partial charge is 0.307 e. The summed E-state index contributed by atoms with van der Waals surface area (Å²) in [5.41, 5.74) is -0.0617. The molecule has 3 atom stereocenters. The van der Waals surface area contributed by atoms with Crippen LogP contribution in [0.5, 0.6) is 0 Å². The van der Waals surface area contributed by atoms with Crippen LogP contribution in [-0.4, -0.2) is 36.7 Å². The summed E-state index contributed by atoms with van der Waals surface area (Å²) < 4.78 is 5.34. The number of nitrogens with one attached hydrogen (secondary N) is 1.